The maximum Gasteiger partial charge on any atom is 0.0540 e. The fraction of sp³-hybridized carbons (Fsp3) is 0.467. The molecule has 108 valence electrons. The second-order valence-corrected chi connectivity index (χ2v) is 5.11. The van der Waals surface area contributed by atoms with Crippen molar-refractivity contribution >= 4 is 0 Å². The Kier molecular flexibility index (Phi) is 4.87. The van der Waals surface area contributed by atoms with Gasteiger partial charge >= 0.3 is 0 Å². The molecule has 0 spiro atoms. The maximum absolute atomic E-state index is 5.96. The molecule has 0 aliphatic heterocycles. The summed E-state index contributed by atoms with van der Waals surface area (Å²) in [7, 11) is 4.06. The van der Waals surface area contributed by atoms with Crippen LogP contribution in [0, 0.1) is 6.92 Å². The number of aromatic nitrogens is 3. The second-order valence-electron chi connectivity index (χ2n) is 5.11. The molecular formula is C15H23N5. The molecule has 2 heterocycles. The normalized spacial score (nSPS) is 12.8. The van der Waals surface area contributed by atoms with Crippen LogP contribution < -0.4 is 5.73 Å². The highest BCUT2D eigenvalue weighted by Crippen LogP contribution is 2.21. The fourth-order valence-electron chi connectivity index (χ4n) is 2.38. The first kappa shape index (κ1) is 14.7. The zero-order chi connectivity index (χ0) is 14.5. The Morgan fingerprint density at radius 2 is 2.20 bits per heavy atom. The van der Waals surface area contributed by atoms with Crippen LogP contribution in [0.15, 0.2) is 30.6 Å². The van der Waals surface area contributed by atoms with Crippen molar-refractivity contribution in [2.45, 2.75) is 19.4 Å². The van der Waals surface area contributed by atoms with Gasteiger partial charge in [-0.25, -0.2) is 0 Å². The number of pyridine rings is 1. The van der Waals surface area contributed by atoms with Crippen LogP contribution in [0.25, 0.3) is 0 Å². The van der Waals surface area contributed by atoms with Gasteiger partial charge in [-0.2, -0.15) is 5.10 Å². The van der Waals surface area contributed by atoms with Gasteiger partial charge in [0, 0.05) is 49.7 Å². The number of likely N-dealkylation sites (N-methyl/N-ethyl adjacent to an activating group) is 1. The highest BCUT2D eigenvalue weighted by molar-refractivity contribution is 5.21. The summed E-state index contributed by atoms with van der Waals surface area (Å²) in [6.07, 6.45) is 4.68. The lowest BCUT2D eigenvalue weighted by Gasteiger charge is -2.26. The molecule has 0 amide bonds. The van der Waals surface area contributed by atoms with E-state index in [1.54, 1.807) is 0 Å². The molecule has 0 saturated carbocycles. The highest BCUT2D eigenvalue weighted by atomic mass is 15.3. The Hall–Kier alpha value is -1.72. The molecule has 0 aliphatic carbocycles. The lowest BCUT2D eigenvalue weighted by atomic mass is 10.1. The monoisotopic (exact) mass is 273 g/mol. The molecule has 0 saturated heterocycles. The van der Waals surface area contributed by atoms with E-state index in [2.05, 4.69) is 35.0 Å². The SMILES string of the molecule is Cc1c(C(CN)N(C)CCc2ccccn2)cnn1C. The van der Waals surface area contributed by atoms with Crippen LogP contribution in [0.2, 0.25) is 0 Å². The van der Waals surface area contributed by atoms with Gasteiger partial charge in [0.15, 0.2) is 0 Å². The van der Waals surface area contributed by atoms with Crippen LogP contribution in [0.3, 0.4) is 0 Å². The lowest BCUT2D eigenvalue weighted by Crippen LogP contribution is -2.32. The van der Waals surface area contributed by atoms with Gasteiger partial charge in [0.2, 0.25) is 0 Å². The van der Waals surface area contributed by atoms with Crippen molar-refractivity contribution in [2.24, 2.45) is 12.8 Å². The fourth-order valence-corrected chi connectivity index (χ4v) is 2.38. The molecule has 2 N–H and O–H groups in total. The van der Waals surface area contributed by atoms with Gasteiger partial charge in [-0.1, -0.05) is 6.07 Å². The third-order valence-electron chi connectivity index (χ3n) is 3.83. The molecule has 2 aromatic heterocycles. The molecule has 0 aliphatic rings. The van der Waals surface area contributed by atoms with E-state index in [1.807, 2.05) is 36.3 Å². The van der Waals surface area contributed by atoms with Gasteiger partial charge < -0.3 is 5.73 Å². The van der Waals surface area contributed by atoms with E-state index in [9.17, 15) is 0 Å². The maximum atomic E-state index is 5.96. The quantitative estimate of drug-likeness (QED) is 0.862. The zero-order valence-electron chi connectivity index (χ0n) is 12.5. The molecular weight excluding hydrogens is 250 g/mol. The summed E-state index contributed by atoms with van der Waals surface area (Å²) < 4.78 is 1.89. The summed E-state index contributed by atoms with van der Waals surface area (Å²) in [5.41, 5.74) is 9.45. The largest absolute Gasteiger partial charge is 0.329 e. The molecule has 0 bridgehead atoms. The van der Waals surface area contributed by atoms with Crippen molar-refractivity contribution in [1.29, 1.82) is 0 Å². The molecule has 1 unspecified atom stereocenters. The minimum Gasteiger partial charge on any atom is -0.329 e. The second kappa shape index (κ2) is 6.63. The van der Waals surface area contributed by atoms with Crippen LogP contribution in [0.1, 0.15) is 23.0 Å². The first-order chi connectivity index (χ1) is 9.63. The van der Waals surface area contributed by atoms with E-state index in [0.29, 0.717) is 6.54 Å². The third kappa shape index (κ3) is 3.23. The van der Waals surface area contributed by atoms with E-state index < -0.39 is 0 Å². The molecule has 2 rings (SSSR count). The molecule has 2 aromatic rings. The van der Waals surface area contributed by atoms with E-state index >= 15 is 0 Å². The number of rotatable bonds is 6. The van der Waals surface area contributed by atoms with Crippen molar-refractivity contribution in [3.05, 3.63) is 47.5 Å². The smallest absolute Gasteiger partial charge is 0.0540 e. The van der Waals surface area contributed by atoms with Crippen LogP contribution in [0.4, 0.5) is 0 Å². The van der Waals surface area contributed by atoms with Crippen molar-refractivity contribution in [3.8, 4) is 0 Å². The Bertz CT molecular complexity index is 534. The Labute approximate surface area is 120 Å². The lowest BCUT2D eigenvalue weighted by molar-refractivity contribution is 0.251. The predicted octanol–water partition coefficient (Wildman–Crippen LogP) is 1.30. The van der Waals surface area contributed by atoms with Crippen molar-refractivity contribution < 1.29 is 0 Å². The minimum atomic E-state index is 0.201. The van der Waals surface area contributed by atoms with Crippen LogP contribution >= 0.6 is 0 Å². The number of nitrogens with zero attached hydrogens (tertiary/aromatic N) is 4. The van der Waals surface area contributed by atoms with Crippen LogP contribution in [-0.2, 0) is 13.5 Å². The molecule has 5 heteroatoms. The molecule has 1 atom stereocenters. The van der Waals surface area contributed by atoms with E-state index in [0.717, 1.165) is 18.7 Å². The van der Waals surface area contributed by atoms with E-state index in [-0.39, 0.29) is 6.04 Å². The third-order valence-corrected chi connectivity index (χ3v) is 3.83. The average Bonchev–Trinajstić information content (AvgIpc) is 2.79. The minimum absolute atomic E-state index is 0.201. The summed E-state index contributed by atoms with van der Waals surface area (Å²) in [5.74, 6) is 0. The van der Waals surface area contributed by atoms with Gasteiger partial charge in [-0.3, -0.25) is 14.6 Å². The summed E-state index contributed by atoms with van der Waals surface area (Å²) in [6.45, 7) is 3.59. The number of hydrogen-bond donors (Lipinski definition) is 1. The van der Waals surface area contributed by atoms with Gasteiger partial charge in [0.1, 0.15) is 0 Å². The summed E-state index contributed by atoms with van der Waals surface area (Å²) in [5, 5.41) is 4.31. The zero-order valence-corrected chi connectivity index (χ0v) is 12.5. The van der Waals surface area contributed by atoms with E-state index in [1.165, 1.54) is 11.3 Å². The Morgan fingerprint density at radius 3 is 2.75 bits per heavy atom. The summed E-state index contributed by atoms with van der Waals surface area (Å²) in [6, 6.07) is 6.22. The van der Waals surface area contributed by atoms with Gasteiger partial charge in [0.05, 0.1) is 12.2 Å². The van der Waals surface area contributed by atoms with Crippen molar-refractivity contribution in [2.75, 3.05) is 20.1 Å². The van der Waals surface area contributed by atoms with Crippen molar-refractivity contribution in [1.82, 2.24) is 19.7 Å². The van der Waals surface area contributed by atoms with E-state index in [4.69, 9.17) is 5.73 Å². The summed E-state index contributed by atoms with van der Waals surface area (Å²) >= 11 is 0. The molecule has 0 aromatic carbocycles. The average molecular weight is 273 g/mol. The molecule has 0 fully saturated rings. The van der Waals surface area contributed by atoms with Gasteiger partial charge in [-0.05, 0) is 26.1 Å². The first-order valence-corrected chi connectivity index (χ1v) is 6.92. The number of hydrogen-bond acceptors (Lipinski definition) is 4. The number of aryl methyl sites for hydroxylation is 1. The predicted molar refractivity (Wildman–Crippen MR) is 80.3 cm³/mol. The molecule has 20 heavy (non-hydrogen) atoms. The van der Waals surface area contributed by atoms with Gasteiger partial charge in [-0.15, -0.1) is 0 Å². The summed E-state index contributed by atoms with van der Waals surface area (Å²) in [4.78, 5) is 6.63. The standard InChI is InChI=1S/C15H23N5/c1-12-14(11-18-20(12)3)15(10-16)19(2)9-7-13-6-4-5-8-17-13/h4-6,8,11,15H,7,9-10,16H2,1-3H3. The van der Waals surface area contributed by atoms with Crippen molar-refractivity contribution in [3.63, 3.8) is 0 Å². The Balaban J connectivity index is 2.02. The number of nitrogens with two attached hydrogens (primary N) is 1. The topological polar surface area (TPSA) is 60.0 Å². The highest BCUT2D eigenvalue weighted by Gasteiger charge is 2.19. The van der Waals surface area contributed by atoms with Crippen LogP contribution in [-0.4, -0.2) is 39.8 Å². The molecule has 0 radical (unpaired) electrons. The molecule has 5 nitrogen and oxygen atoms in total. The van der Waals surface area contributed by atoms with Gasteiger partial charge in [0.25, 0.3) is 0 Å². The Morgan fingerprint density at radius 1 is 1.40 bits per heavy atom. The van der Waals surface area contributed by atoms with Crippen LogP contribution in [0.5, 0.6) is 0 Å². The first-order valence-electron chi connectivity index (χ1n) is 6.92.